The molecule has 0 aliphatic heterocycles. The summed E-state index contributed by atoms with van der Waals surface area (Å²) in [7, 11) is 3.22. The van der Waals surface area contributed by atoms with Crippen LogP contribution in [0.25, 0.3) is 16.7 Å². The normalized spacial score (nSPS) is 11.7. The minimum Gasteiger partial charge on any atom is -0.493 e. The Labute approximate surface area is 212 Å². The third kappa shape index (κ3) is 5.27. The van der Waals surface area contributed by atoms with Crippen molar-refractivity contribution in [3.05, 3.63) is 53.3 Å². The highest BCUT2D eigenvalue weighted by Gasteiger charge is 2.17. The van der Waals surface area contributed by atoms with Crippen molar-refractivity contribution in [2.75, 3.05) is 26.1 Å². The number of nitrogens with one attached hydrogen (secondary N) is 1. The Hall–Kier alpha value is -3.68. The van der Waals surface area contributed by atoms with Gasteiger partial charge in [0.2, 0.25) is 5.65 Å². The number of ketones is 1. The molecule has 4 rings (SSSR count). The lowest BCUT2D eigenvalue weighted by Crippen LogP contribution is -2.11. The molecule has 0 unspecified atom stereocenters. The summed E-state index contributed by atoms with van der Waals surface area (Å²) < 4.78 is 12.9. The van der Waals surface area contributed by atoms with E-state index in [-0.39, 0.29) is 11.2 Å². The van der Waals surface area contributed by atoms with E-state index in [2.05, 4.69) is 48.4 Å². The quantitative estimate of drug-likeness (QED) is 0.224. The minimum absolute atomic E-state index is 0.0874. The van der Waals surface area contributed by atoms with E-state index in [9.17, 15) is 4.79 Å². The molecule has 2 heterocycles. The molecule has 0 aliphatic rings. The maximum absolute atomic E-state index is 12.6. The number of rotatable bonds is 10. The van der Waals surface area contributed by atoms with Crippen LogP contribution in [-0.2, 0) is 5.41 Å². The molecule has 0 atom stereocenters. The summed E-state index contributed by atoms with van der Waals surface area (Å²) in [6, 6.07) is 11.8. The molecule has 36 heavy (non-hydrogen) atoms. The lowest BCUT2D eigenvalue weighted by Gasteiger charge is -2.19. The number of aromatic nitrogens is 4. The van der Waals surface area contributed by atoms with Crippen LogP contribution in [0.15, 0.2) is 36.4 Å². The molecule has 4 aromatic rings. The topological polar surface area (TPSA) is 90.6 Å². The molecule has 8 nitrogen and oxygen atoms in total. The molecular formula is C28H35N5O3. The third-order valence-electron chi connectivity index (χ3n) is 6.44. The summed E-state index contributed by atoms with van der Waals surface area (Å²) in [5.74, 6) is 2.88. The van der Waals surface area contributed by atoms with Gasteiger partial charge in [-0.2, -0.15) is 0 Å². The second-order valence-corrected chi connectivity index (χ2v) is 10.1. The Kier molecular flexibility index (Phi) is 7.43. The average Bonchev–Trinajstić information content (AvgIpc) is 3.26. The van der Waals surface area contributed by atoms with Gasteiger partial charge >= 0.3 is 0 Å². The van der Waals surface area contributed by atoms with Gasteiger partial charge in [0.25, 0.3) is 0 Å². The van der Waals surface area contributed by atoms with Crippen LogP contribution in [0.1, 0.15) is 68.2 Å². The number of carbonyl (C=O) groups is 1. The van der Waals surface area contributed by atoms with E-state index in [1.807, 2.05) is 35.6 Å². The largest absolute Gasteiger partial charge is 0.493 e. The summed E-state index contributed by atoms with van der Waals surface area (Å²) in [4.78, 5) is 17.4. The molecule has 0 saturated heterocycles. The zero-order chi connectivity index (χ0) is 25.9. The number of anilines is 1. The summed E-state index contributed by atoms with van der Waals surface area (Å²) in [6.07, 6.45) is 3.27. The molecule has 0 amide bonds. The number of ether oxygens (including phenoxy) is 2. The molecular weight excluding hydrogens is 454 g/mol. The van der Waals surface area contributed by atoms with E-state index in [0.717, 1.165) is 48.2 Å². The van der Waals surface area contributed by atoms with Gasteiger partial charge in [0.15, 0.2) is 23.1 Å². The van der Waals surface area contributed by atoms with E-state index >= 15 is 0 Å². The second-order valence-electron chi connectivity index (χ2n) is 10.1. The van der Waals surface area contributed by atoms with E-state index < -0.39 is 0 Å². The lowest BCUT2D eigenvalue weighted by molar-refractivity contribution is 0.0979. The number of fused-ring (bicyclic) bond motifs is 3. The van der Waals surface area contributed by atoms with Gasteiger partial charge in [-0.3, -0.25) is 9.20 Å². The van der Waals surface area contributed by atoms with Crippen molar-refractivity contribution in [2.45, 2.75) is 58.8 Å². The van der Waals surface area contributed by atoms with Crippen LogP contribution in [-0.4, -0.2) is 46.1 Å². The molecule has 0 fully saturated rings. The molecule has 0 spiro atoms. The Bertz CT molecular complexity index is 1370. The maximum atomic E-state index is 12.6. The van der Waals surface area contributed by atoms with E-state index in [4.69, 9.17) is 14.5 Å². The zero-order valence-electron chi connectivity index (χ0n) is 22.0. The first-order chi connectivity index (χ1) is 17.2. The Morgan fingerprint density at radius 3 is 2.33 bits per heavy atom. The SMILES string of the molecule is COc1cc2nc(NCCCCCC(=O)c3ccc(C(C)(C)C)cc3)c3nnc(C)n3c2cc1OC. The first-order valence-corrected chi connectivity index (χ1v) is 12.4. The summed E-state index contributed by atoms with van der Waals surface area (Å²) in [5.41, 5.74) is 4.39. The standard InChI is InChI=1S/C28H35N5O3/c1-18-31-32-27-26(30-21-16-24(35-5)25(36-6)17-22(21)33(18)27)29-15-9-7-8-10-23(34)19-11-13-20(14-12-19)28(2,3)4/h11-14,16-17H,7-10,15H2,1-6H3,(H,29,30). The highest BCUT2D eigenvalue weighted by molar-refractivity contribution is 5.96. The summed E-state index contributed by atoms with van der Waals surface area (Å²) >= 11 is 0. The van der Waals surface area contributed by atoms with E-state index in [1.165, 1.54) is 5.56 Å². The molecule has 8 heteroatoms. The number of hydrogen-bond acceptors (Lipinski definition) is 7. The van der Waals surface area contributed by atoms with Crippen molar-refractivity contribution in [2.24, 2.45) is 0 Å². The predicted molar refractivity (Wildman–Crippen MR) is 143 cm³/mol. The molecule has 1 N–H and O–H groups in total. The first kappa shape index (κ1) is 25.4. The number of unbranched alkanes of at least 4 members (excludes halogenated alkanes) is 2. The smallest absolute Gasteiger partial charge is 0.204 e. The number of aryl methyl sites for hydroxylation is 1. The van der Waals surface area contributed by atoms with Crippen LogP contribution in [0.2, 0.25) is 0 Å². The monoisotopic (exact) mass is 489 g/mol. The second kappa shape index (κ2) is 10.5. The maximum Gasteiger partial charge on any atom is 0.204 e. The van der Waals surface area contributed by atoms with Crippen LogP contribution in [0.5, 0.6) is 11.5 Å². The first-order valence-electron chi connectivity index (χ1n) is 12.4. The van der Waals surface area contributed by atoms with Crippen LogP contribution in [0.3, 0.4) is 0 Å². The summed E-state index contributed by atoms with van der Waals surface area (Å²) in [6.45, 7) is 9.16. The van der Waals surface area contributed by atoms with Crippen molar-refractivity contribution in [1.82, 2.24) is 19.6 Å². The molecule has 0 aliphatic carbocycles. The van der Waals surface area contributed by atoms with Crippen LogP contribution in [0.4, 0.5) is 5.82 Å². The highest BCUT2D eigenvalue weighted by Crippen LogP contribution is 2.33. The zero-order valence-corrected chi connectivity index (χ0v) is 22.0. The lowest BCUT2D eigenvalue weighted by atomic mass is 9.86. The molecule has 0 bridgehead atoms. The van der Waals surface area contributed by atoms with Gasteiger partial charge in [-0.1, -0.05) is 51.5 Å². The van der Waals surface area contributed by atoms with Crippen molar-refractivity contribution >= 4 is 28.3 Å². The fraction of sp³-hybridized carbons (Fsp3) is 0.429. The number of hydrogen-bond donors (Lipinski definition) is 1. The average molecular weight is 490 g/mol. The molecule has 0 saturated carbocycles. The number of Topliss-reactive ketones (excluding diaryl/α,β-unsaturated/α-hetero) is 1. The number of nitrogens with zero attached hydrogens (tertiary/aromatic N) is 4. The Morgan fingerprint density at radius 2 is 1.67 bits per heavy atom. The van der Waals surface area contributed by atoms with Gasteiger partial charge in [0.1, 0.15) is 5.82 Å². The molecule has 190 valence electrons. The van der Waals surface area contributed by atoms with E-state index in [0.29, 0.717) is 29.4 Å². The Balaban J connectivity index is 1.36. The van der Waals surface area contributed by atoms with Gasteiger partial charge in [0.05, 0.1) is 25.3 Å². The molecule has 2 aromatic heterocycles. The van der Waals surface area contributed by atoms with Crippen LogP contribution >= 0.6 is 0 Å². The molecule has 2 aromatic carbocycles. The van der Waals surface area contributed by atoms with Gasteiger partial charge in [-0.15, -0.1) is 10.2 Å². The fourth-order valence-corrected chi connectivity index (χ4v) is 4.31. The Morgan fingerprint density at radius 1 is 0.972 bits per heavy atom. The van der Waals surface area contributed by atoms with Gasteiger partial charge < -0.3 is 14.8 Å². The van der Waals surface area contributed by atoms with Gasteiger partial charge in [-0.25, -0.2) is 4.98 Å². The van der Waals surface area contributed by atoms with E-state index in [1.54, 1.807) is 14.2 Å². The minimum atomic E-state index is 0.0874. The van der Waals surface area contributed by atoms with Crippen molar-refractivity contribution < 1.29 is 14.3 Å². The number of methoxy groups -OCH3 is 2. The van der Waals surface area contributed by atoms with Gasteiger partial charge in [-0.05, 0) is 30.7 Å². The van der Waals surface area contributed by atoms with Crippen LogP contribution < -0.4 is 14.8 Å². The highest BCUT2D eigenvalue weighted by atomic mass is 16.5. The predicted octanol–water partition coefficient (Wildman–Crippen LogP) is 5.76. The van der Waals surface area contributed by atoms with Gasteiger partial charge in [0, 0.05) is 30.7 Å². The number of carbonyl (C=O) groups excluding carboxylic acids is 1. The fourth-order valence-electron chi connectivity index (χ4n) is 4.31. The summed E-state index contributed by atoms with van der Waals surface area (Å²) in [5, 5.41) is 12.0. The van der Waals surface area contributed by atoms with Crippen molar-refractivity contribution in [1.29, 1.82) is 0 Å². The number of benzene rings is 2. The third-order valence-corrected chi connectivity index (χ3v) is 6.44. The van der Waals surface area contributed by atoms with Crippen molar-refractivity contribution in [3.63, 3.8) is 0 Å². The van der Waals surface area contributed by atoms with Crippen LogP contribution in [0, 0.1) is 6.92 Å². The van der Waals surface area contributed by atoms with Crippen molar-refractivity contribution in [3.8, 4) is 11.5 Å². The molecule has 0 radical (unpaired) electrons.